The van der Waals surface area contributed by atoms with Gasteiger partial charge in [-0.2, -0.15) is 0 Å². The molecule has 1 saturated carbocycles. The average Bonchev–Trinajstić information content (AvgIpc) is 2.90. The molecule has 2 saturated heterocycles. The molecule has 1 amide bonds. The van der Waals surface area contributed by atoms with Crippen molar-refractivity contribution in [2.24, 2.45) is 11.8 Å². The first-order chi connectivity index (χ1) is 7.75. The second kappa shape index (κ2) is 4.00. The molecule has 0 spiro atoms. The second-order valence-corrected chi connectivity index (χ2v) is 5.47. The third-order valence-electron chi connectivity index (χ3n) is 4.49. The van der Waals surface area contributed by atoms with E-state index in [0.717, 1.165) is 25.4 Å². The topological polar surface area (TPSA) is 52.6 Å². The first-order valence-corrected chi connectivity index (χ1v) is 6.46. The molecule has 1 aliphatic carbocycles. The van der Waals surface area contributed by atoms with Gasteiger partial charge in [0.15, 0.2) is 0 Å². The Labute approximate surface area is 96.0 Å². The molecule has 3 rings (SSSR count). The number of fused-ring (bicyclic) bond motifs is 1. The lowest BCUT2D eigenvalue weighted by Crippen LogP contribution is -2.45. The molecule has 2 heterocycles. The fraction of sp³-hybridized carbons (Fsp3) is 0.917. The van der Waals surface area contributed by atoms with Crippen LogP contribution < -0.4 is 5.32 Å². The van der Waals surface area contributed by atoms with Crippen LogP contribution in [-0.4, -0.2) is 47.7 Å². The molecule has 90 valence electrons. The molecule has 2 aliphatic heterocycles. The van der Waals surface area contributed by atoms with E-state index >= 15 is 0 Å². The smallest absolute Gasteiger partial charge is 0.240 e. The molecule has 2 N–H and O–H groups in total. The Morgan fingerprint density at radius 1 is 1.31 bits per heavy atom. The number of aliphatic hydroxyl groups excluding tert-OH is 1. The molecule has 0 aromatic carbocycles. The highest BCUT2D eigenvalue weighted by Crippen LogP contribution is 2.38. The third-order valence-corrected chi connectivity index (χ3v) is 4.49. The number of nitrogens with zero attached hydrogens (tertiary/aromatic N) is 1. The number of amides is 1. The van der Waals surface area contributed by atoms with Crippen LogP contribution >= 0.6 is 0 Å². The van der Waals surface area contributed by atoms with Crippen LogP contribution in [0, 0.1) is 11.8 Å². The van der Waals surface area contributed by atoms with E-state index in [1.165, 1.54) is 19.3 Å². The van der Waals surface area contributed by atoms with Crippen LogP contribution in [0.15, 0.2) is 0 Å². The highest BCUT2D eigenvalue weighted by atomic mass is 16.3. The molecule has 0 bridgehead atoms. The van der Waals surface area contributed by atoms with Gasteiger partial charge in [0.05, 0.1) is 12.1 Å². The molecule has 4 heteroatoms. The van der Waals surface area contributed by atoms with Crippen LogP contribution in [0.2, 0.25) is 0 Å². The monoisotopic (exact) mass is 224 g/mol. The molecule has 4 atom stereocenters. The van der Waals surface area contributed by atoms with Gasteiger partial charge in [0, 0.05) is 13.1 Å². The van der Waals surface area contributed by atoms with E-state index in [4.69, 9.17) is 0 Å². The highest BCUT2D eigenvalue weighted by molar-refractivity contribution is 5.83. The summed E-state index contributed by atoms with van der Waals surface area (Å²) in [4.78, 5) is 14.1. The van der Waals surface area contributed by atoms with Crippen LogP contribution in [0.3, 0.4) is 0 Å². The van der Waals surface area contributed by atoms with E-state index in [0.29, 0.717) is 12.5 Å². The van der Waals surface area contributed by atoms with Gasteiger partial charge in [0.25, 0.3) is 0 Å². The SMILES string of the molecule is O=C(C1NCC2CCCC21)N1CCC(O)C1. The predicted molar refractivity (Wildman–Crippen MR) is 59.8 cm³/mol. The van der Waals surface area contributed by atoms with Crippen LogP contribution in [0.4, 0.5) is 0 Å². The predicted octanol–water partition coefficient (Wildman–Crippen LogP) is -0.0323. The maximum atomic E-state index is 12.3. The van der Waals surface area contributed by atoms with E-state index in [9.17, 15) is 9.90 Å². The molecule has 0 radical (unpaired) electrons. The number of rotatable bonds is 1. The normalized spacial score (nSPS) is 42.7. The van der Waals surface area contributed by atoms with E-state index < -0.39 is 0 Å². The zero-order chi connectivity index (χ0) is 11.1. The van der Waals surface area contributed by atoms with Crippen molar-refractivity contribution in [3.05, 3.63) is 0 Å². The van der Waals surface area contributed by atoms with E-state index in [1.54, 1.807) is 0 Å². The number of carbonyl (C=O) groups is 1. The van der Waals surface area contributed by atoms with Crippen LogP contribution in [0.1, 0.15) is 25.7 Å². The fourth-order valence-electron chi connectivity index (χ4n) is 3.60. The fourth-order valence-corrected chi connectivity index (χ4v) is 3.60. The van der Waals surface area contributed by atoms with Gasteiger partial charge in [-0.25, -0.2) is 0 Å². The molecule has 4 unspecified atom stereocenters. The summed E-state index contributed by atoms with van der Waals surface area (Å²) < 4.78 is 0. The molecule has 0 aromatic rings. The van der Waals surface area contributed by atoms with Gasteiger partial charge >= 0.3 is 0 Å². The standard InChI is InChI=1S/C12H20N2O2/c15-9-4-5-14(7-9)12(16)11-10-3-1-2-8(10)6-13-11/h8-11,13,15H,1-7H2. The zero-order valence-corrected chi connectivity index (χ0v) is 9.56. The number of hydrogen-bond donors (Lipinski definition) is 2. The van der Waals surface area contributed by atoms with Crippen LogP contribution in [0.25, 0.3) is 0 Å². The third kappa shape index (κ3) is 1.64. The Balaban J connectivity index is 1.66. The lowest BCUT2D eigenvalue weighted by Gasteiger charge is -2.24. The Bertz CT molecular complexity index is 295. The van der Waals surface area contributed by atoms with E-state index in [1.807, 2.05) is 4.90 Å². The number of nitrogens with one attached hydrogen (secondary N) is 1. The minimum absolute atomic E-state index is 0.0396. The first-order valence-electron chi connectivity index (χ1n) is 6.46. The summed E-state index contributed by atoms with van der Waals surface area (Å²) in [5, 5.41) is 12.8. The first kappa shape index (κ1) is 10.5. The second-order valence-electron chi connectivity index (χ2n) is 5.47. The molecule has 4 nitrogen and oxygen atoms in total. The van der Waals surface area contributed by atoms with Gasteiger partial charge < -0.3 is 15.3 Å². The van der Waals surface area contributed by atoms with E-state index in [-0.39, 0.29) is 18.1 Å². The summed E-state index contributed by atoms with van der Waals surface area (Å²) in [5.41, 5.74) is 0. The summed E-state index contributed by atoms with van der Waals surface area (Å²) in [6.45, 7) is 2.28. The average molecular weight is 224 g/mol. The number of aliphatic hydroxyl groups is 1. The summed E-state index contributed by atoms with van der Waals surface area (Å²) >= 11 is 0. The van der Waals surface area contributed by atoms with Crippen molar-refractivity contribution < 1.29 is 9.90 Å². The number of likely N-dealkylation sites (tertiary alicyclic amines) is 1. The summed E-state index contributed by atoms with van der Waals surface area (Å²) in [6.07, 6.45) is 4.20. The highest BCUT2D eigenvalue weighted by Gasteiger charge is 2.44. The van der Waals surface area contributed by atoms with Crippen molar-refractivity contribution in [3.63, 3.8) is 0 Å². The zero-order valence-electron chi connectivity index (χ0n) is 9.56. The van der Waals surface area contributed by atoms with Crippen molar-refractivity contribution in [3.8, 4) is 0 Å². The van der Waals surface area contributed by atoms with Crippen molar-refractivity contribution in [2.45, 2.75) is 37.8 Å². The lowest BCUT2D eigenvalue weighted by molar-refractivity contribution is -0.133. The van der Waals surface area contributed by atoms with Crippen molar-refractivity contribution >= 4 is 5.91 Å². The number of β-amino-alcohol motifs (C(OH)–C–C–N with tert-alkyl or cyclic N) is 1. The molecular weight excluding hydrogens is 204 g/mol. The van der Waals surface area contributed by atoms with Gasteiger partial charge in [-0.3, -0.25) is 4.79 Å². The Kier molecular flexibility index (Phi) is 2.64. The van der Waals surface area contributed by atoms with Crippen LogP contribution in [0.5, 0.6) is 0 Å². The Morgan fingerprint density at radius 3 is 2.94 bits per heavy atom. The molecule has 16 heavy (non-hydrogen) atoms. The summed E-state index contributed by atoms with van der Waals surface area (Å²) in [7, 11) is 0. The summed E-state index contributed by atoms with van der Waals surface area (Å²) in [5.74, 6) is 1.51. The van der Waals surface area contributed by atoms with E-state index in [2.05, 4.69) is 5.32 Å². The maximum absolute atomic E-state index is 12.3. The van der Waals surface area contributed by atoms with Crippen molar-refractivity contribution in [1.82, 2.24) is 10.2 Å². The minimum Gasteiger partial charge on any atom is -0.391 e. The van der Waals surface area contributed by atoms with Crippen molar-refractivity contribution in [2.75, 3.05) is 19.6 Å². The van der Waals surface area contributed by atoms with Gasteiger partial charge in [-0.05, 0) is 37.6 Å². The minimum atomic E-state index is -0.301. The molecule has 3 fully saturated rings. The molecule has 0 aromatic heterocycles. The quantitative estimate of drug-likeness (QED) is 0.657. The van der Waals surface area contributed by atoms with Crippen LogP contribution in [-0.2, 0) is 4.79 Å². The molecular formula is C12H20N2O2. The lowest BCUT2D eigenvalue weighted by atomic mass is 9.93. The number of carbonyl (C=O) groups excluding carboxylic acids is 1. The van der Waals surface area contributed by atoms with Gasteiger partial charge in [0.2, 0.25) is 5.91 Å². The molecule has 3 aliphatic rings. The largest absolute Gasteiger partial charge is 0.391 e. The van der Waals surface area contributed by atoms with Gasteiger partial charge in [0.1, 0.15) is 0 Å². The van der Waals surface area contributed by atoms with Crippen molar-refractivity contribution in [1.29, 1.82) is 0 Å². The van der Waals surface area contributed by atoms with Gasteiger partial charge in [-0.15, -0.1) is 0 Å². The Hall–Kier alpha value is -0.610. The maximum Gasteiger partial charge on any atom is 0.240 e. The number of hydrogen-bond acceptors (Lipinski definition) is 3. The summed E-state index contributed by atoms with van der Waals surface area (Å²) in [6, 6.07) is 0.0396. The van der Waals surface area contributed by atoms with Gasteiger partial charge in [-0.1, -0.05) is 6.42 Å². The Morgan fingerprint density at radius 2 is 2.19 bits per heavy atom.